The average Bonchev–Trinajstić information content (AvgIpc) is 2.35. The van der Waals surface area contributed by atoms with Gasteiger partial charge in [-0.25, -0.2) is 0 Å². The van der Waals surface area contributed by atoms with Gasteiger partial charge in [0.05, 0.1) is 6.61 Å². The topological polar surface area (TPSA) is 21.3 Å². The van der Waals surface area contributed by atoms with Crippen LogP contribution in [0.25, 0.3) is 0 Å². The Morgan fingerprint density at radius 2 is 2.18 bits per heavy atom. The first kappa shape index (κ1) is 13.9. The smallest absolute Gasteiger partial charge is 0.0713 e. The van der Waals surface area contributed by atoms with Gasteiger partial charge >= 0.3 is 0 Å². The second kappa shape index (κ2) is 8.04. The maximum absolute atomic E-state index is 5.13. The van der Waals surface area contributed by atoms with Crippen LogP contribution >= 0.6 is 0 Å². The summed E-state index contributed by atoms with van der Waals surface area (Å²) < 4.78 is 5.13. The molecular weight excluding hydrogens is 210 g/mol. The van der Waals surface area contributed by atoms with Crippen molar-refractivity contribution in [2.45, 2.75) is 39.0 Å². The molecular formula is C15H23NO. The quantitative estimate of drug-likeness (QED) is 0.696. The minimum atomic E-state index is 0.527. The molecule has 0 saturated heterocycles. The Balaban J connectivity index is 2.40. The van der Waals surface area contributed by atoms with Crippen LogP contribution in [0.15, 0.2) is 36.9 Å². The average molecular weight is 233 g/mol. The lowest BCUT2D eigenvalue weighted by molar-refractivity contribution is 0.185. The number of methoxy groups -OCH3 is 1. The number of hydrogen-bond acceptors (Lipinski definition) is 2. The van der Waals surface area contributed by atoms with E-state index in [4.69, 9.17) is 4.74 Å². The Kier molecular flexibility index (Phi) is 6.60. The molecule has 0 spiro atoms. The fraction of sp³-hybridized carbons (Fsp3) is 0.467. The highest BCUT2D eigenvalue weighted by atomic mass is 16.5. The van der Waals surface area contributed by atoms with Gasteiger partial charge in [-0.1, -0.05) is 30.3 Å². The number of benzene rings is 1. The van der Waals surface area contributed by atoms with E-state index in [0.29, 0.717) is 12.6 Å². The van der Waals surface area contributed by atoms with Crippen molar-refractivity contribution in [2.75, 3.05) is 7.11 Å². The molecule has 0 saturated carbocycles. The lowest BCUT2D eigenvalue weighted by Gasteiger charge is -2.13. The van der Waals surface area contributed by atoms with Gasteiger partial charge in [0.15, 0.2) is 0 Å². The Bertz CT molecular complexity index is 335. The molecule has 0 radical (unpaired) electrons. The summed E-state index contributed by atoms with van der Waals surface area (Å²) in [5.41, 5.74) is 2.54. The monoisotopic (exact) mass is 233 g/mol. The van der Waals surface area contributed by atoms with E-state index in [9.17, 15) is 0 Å². The fourth-order valence-electron chi connectivity index (χ4n) is 1.76. The third-order valence-corrected chi connectivity index (χ3v) is 2.76. The number of hydrogen-bond donors (Lipinski definition) is 1. The summed E-state index contributed by atoms with van der Waals surface area (Å²) in [6.45, 7) is 7.55. The van der Waals surface area contributed by atoms with Gasteiger partial charge in [0.1, 0.15) is 0 Å². The van der Waals surface area contributed by atoms with Crippen LogP contribution in [-0.4, -0.2) is 13.2 Å². The van der Waals surface area contributed by atoms with E-state index in [0.717, 1.165) is 19.4 Å². The zero-order valence-electron chi connectivity index (χ0n) is 10.9. The molecule has 0 aliphatic rings. The predicted molar refractivity (Wildman–Crippen MR) is 72.9 cm³/mol. The highest BCUT2D eigenvalue weighted by Crippen LogP contribution is 2.07. The van der Waals surface area contributed by atoms with Crippen LogP contribution in [0.3, 0.4) is 0 Å². The third kappa shape index (κ3) is 5.66. The molecule has 0 amide bonds. The molecule has 1 rings (SSSR count). The zero-order valence-corrected chi connectivity index (χ0v) is 10.9. The van der Waals surface area contributed by atoms with Crippen LogP contribution in [-0.2, 0) is 17.9 Å². The van der Waals surface area contributed by atoms with Gasteiger partial charge in [-0.05, 0) is 30.9 Å². The van der Waals surface area contributed by atoms with Crippen LogP contribution in [0.2, 0.25) is 0 Å². The Hall–Kier alpha value is -1.12. The zero-order chi connectivity index (χ0) is 12.5. The summed E-state index contributed by atoms with van der Waals surface area (Å²) in [6, 6.07) is 9.04. The van der Waals surface area contributed by atoms with Gasteiger partial charge in [-0.15, -0.1) is 6.58 Å². The molecule has 94 valence electrons. The van der Waals surface area contributed by atoms with Gasteiger partial charge in [-0.3, -0.25) is 0 Å². The second-order valence-corrected chi connectivity index (χ2v) is 4.40. The molecule has 2 nitrogen and oxygen atoms in total. The lowest BCUT2D eigenvalue weighted by Crippen LogP contribution is -2.25. The fourth-order valence-corrected chi connectivity index (χ4v) is 1.76. The summed E-state index contributed by atoms with van der Waals surface area (Å²) in [6.07, 6.45) is 4.18. The molecule has 0 aromatic heterocycles. The maximum atomic E-state index is 5.13. The first-order valence-electron chi connectivity index (χ1n) is 6.17. The van der Waals surface area contributed by atoms with E-state index < -0.39 is 0 Å². The van der Waals surface area contributed by atoms with Gasteiger partial charge < -0.3 is 10.1 Å². The van der Waals surface area contributed by atoms with Crippen molar-refractivity contribution in [3.8, 4) is 0 Å². The third-order valence-electron chi connectivity index (χ3n) is 2.76. The number of rotatable bonds is 8. The van der Waals surface area contributed by atoms with Gasteiger partial charge in [0.25, 0.3) is 0 Å². The van der Waals surface area contributed by atoms with Crippen molar-refractivity contribution < 1.29 is 4.74 Å². The highest BCUT2D eigenvalue weighted by molar-refractivity contribution is 5.22. The molecule has 0 bridgehead atoms. The van der Waals surface area contributed by atoms with E-state index in [2.05, 4.69) is 43.1 Å². The molecule has 1 aromatic rings. The van der Waals surface area contributed by atoms with E-state index >= 15 is 0 Å². The van der Waals surface area contributed by atoms with Crippen molar-refractivity contribution in [1.29, 1.82) is 0 Å². The highest BCUT2D eigenvalue weighted by Gasteiger charge is 2.01. The summed E-state index contributed by atoms with van der Waals surface area (Å²) >= 11 is 0. The van der Waals surface area contributed by atoms with Gasteiger partial charge in [0.2, 0.25) is 0 Å². The summed E-state index contributed by atoms with van der Waals surface area (Å²) in [7, 11) is 1.72. The van der Waals surface area contributed by atoms with Gasteiger partial charge in [0, 0.05) is 19.7 Å². The number of nitrogens with one attached hydrogen (secondary N) is 1. The molecule has 2 heteroatoms. The summed E-state index contributed by atoms with van der Waals surface area (Å²) in [5.74, 6) is 0. The van der Waals surface area contributed by atoms with Crippen molar-refractivity contribution in [1.82, 2.24) is 5.32 Å². The molecule has 17 heavy (non-hydrogen) atoms. The normalized spacial score (nSPS) is 12.4. The first-order valence-corrected chi connectivity index (χ1v) is 6.17. The van der Waals surface area contributed by atoms with Crippen LogP contribution in [0.5, 0.6) is 0 Å². The largest absolute Gasteiger partial charge is 0.380 e. The Morgan fingerprint density at radius 1 is 1.41 bits per heavy atom. The van der Waals surface area contributed by atoms with Crippen molar-refractivity contribution >= 4 is 0 Å². The number of allylic oxidation sites excluding steroid dienone is 1. The van der Waals surface area contributed by atoms with E-state index in [-0.39, 0.29) is 0 Å². The minimum absolute atomic E-state index is 0.527. The molecule has 1 unspecified atom stereocenters. The summed E-state index contributed by atoms with van der Waals surface area (Å²) in [5, 5.41) is 3.51. The maximum Gasteiger partial charge on any atom is 0.0713 e. The molecule has 0 fully saturated rings. The molecule has 0 heterocycles. The van der Waals surface area contributed by atoms with Crippen LogP contribution in [0.4, 0.5) is 0 Å². The van der Waals surface area contributed by atoms with E-state index in [1.165, 1.54) is 11.1 Å². The lowest BCUT2D eigenvalue weighted by atomic mass is 10.1. The van der Waals surface area contributed by atoms with Crippen LogP contribution < -0.4 is 5.32 Å². The summed E-state index contributed by atoms with van der Waals surface area (Å²) in [4.78, 5) is 0. The molecule has 1 atom stereocenters. The minimum Gasteiger partial charge on any atom is -0.380 e. The standard InChI is InChI=1S/C15H23NO/c1-4-5-7-13(2)16-11-14-8-6-9-15(10-14)12-17-3/h4,6,8-10,13,16H,1,5,7,11-12H2,2-3H3. The molecule has 0 aliphatic carbocycles. The van der Waals surface area contributed by atoms with Crippen molar-refractivity contribution in [3.63, 3.8) is 0 Å². The first-order chi connectivity index (χ1) is 8.26. The molecule has 0 aliphatic heterocycles. The Morgan fingerprint density at radius 3 is 2.88 bits per heavy atom. The second-order valence-electron chi connectivity index (χ2n) is 4.40. The van der Waals surface area contributed by atoms with Crippen LogP contribution in [0, 0.1) is 0 Å². The van der Waals surface area contributed by atoms with Gasteiger partial charge in [-0.2, -0.15) is 0 Å². The van der Waals surface area contributed by atoms with Crippen molar-refractivity contribution in [3.05, 3.63) is 48.0 Å². The molecule has 1 N–H and O–H groups in total. The van der Waals surface area contributed by atoms with Crippen LogP contribution in [0.1, 0.15) is 30.9 Å². The van der Waals surface area contributed by atoms with E-state index in [1.54, 1.807) is 7.11 Å². The van der Waals surface area contributed by atoms with Crippen molar-refractivity contribution in [2.24, 2.45) is 0 Å². The Labute approximate surface area is 105 Å². The predicted octanol–water partition coefficient (Wildman–Crippen LogP) is 3.28. The van der Waals surface area contributed by atoms with E-state index in [1.807, 2.05) is 6.08 Å². The number of ether oxygens (including phenoxy) is 1. The SMILES string of the molecule is C=CCCC(C)NCc1cccc(COC)c1. The molecule has 1 aromatic carbocycles.